The van der Waals surface area contributed by atoms with Crippen LogP contribution in [-0.2, 0) is 17.9 Å². The number of primary amides is 1. The molecule has 2 aromatic rings. The number of likely N-dealkylation sites (tertiary alicyclic amines) is 1. The van der Waals surface area contributed by atoms with Gasteiger partial charge in [-0.05, 0) is 54.8 Å². The van der Waals surface area contributed by atoms with Crippen molar-refractivity contribution < 1.29 is 4.79 Å². The standard InChI is InChI=1S/C21H24N4O/c22-12-16-4-1-5-17(10-16)13-24-20-8-2-6-18(11-20)14-25-9-3-7-19(15-25)21(23)26/h1-2,4-6,8,10-11,19,24H,3,7,9,13-15H2,(H2,23,26)/t19-/m1/s1. The van der Waals surface area contributed by atoms with E-state index < -0.39 is 0 Å². The van der Waals surface area contributed by atoms with Crippen LogP contribution in [0.1, 0.15) is 29.5 Å². The summed E-state index contributed by atoms with van der Waals surface area (Å²) in [4.78, 5) is 13.7. The summed E-state index contributed by atoms with van der Waals surface area (Å²) in [5, 5.41) is 12.4. The molecule has 0 radical (unpaired) electrons. The quantitative estimate of drug-likeness (QED) is 0.841. The van der Waals surface area contributed by atoms with Crippen LogP contribution in [0.3, 0.4) is 0 Å². The maximum atomic E-state index is 11.4. The lowest BCUT2D eigenvalue weighted by Gasteiger charge is -2.31. The Kier molecular flexibility index (Phi) is 5.88. The molecule has 1 amide bonds. The zero-order valence-corrected chi connectivity index (χ0v) is 14.8. The molecule has 3 N–H and O–H groups in total. The molecule has 0 aliphatic carbocycles. The van der Waals surface area contributed by atoms with Gasteiger partial charge in [0.2, 0.25) is 5.91 Å². The van der Waals surface area contributed by atoms with E-state index in [1.807, 2.05) is 36.4 Å². The van der Waals surface area contributed by atoms with Crippen molar-refractivity contribution in [3.05, 3.63) is 65.2 Å². The van der Waals surface area contributed by atoms with Crippen LogP contribution in [0.25, 0.3) is 0 Å². The van der Waals surface area contributed by atoms with Gasteiger partial charge in [-0.3, -0.25) is 9.69 Å². The molecule has 1 saturated heterocycles. The molecule has 0 aromatic heterocycles. The van der Waals surface area contributed by atoms with Crippen LogP contribution < -0.4 is 11.1 Å². The lowest BCUT2D eigenvalue weighted by molar-refractivity contribution is -0.123. The van der Waals surface area contributed by atoms with E-state index in [0.717, 1.165) is 43.7 Å². The van der Waals surface area contributed by atoms with E-state index >= 15 is 0 Å². The number of hydrogen-bond donors (Lipinski definition) is 2. The number of piperidine rings is 1. The van der Waals surface area contributed by atoms with Crippen LogP contribution in [0.15, 0.2) is 48.5 Å². The highest BCUT2D eigenvalue weighted by atomic mass is 16.1. The highest BCUT2D eigenvalue weighted by molar-refractivity contribution is 5.76. The molecule has 0 unspecified atom stereocenters. The fourth-order valence-electron chi connectivity index (χ4n) is 3.42. The molecule has 2 aromatic carbocycles. The molecule has 0 bridgehead atoms. The van der Waals surface area contributed by atoms with Crippen LogP contribution in [0.2, 0.25) is 0 Å². The first-order valence-electron chi connectivity index (χ1n) is 8.97. The van der Waals surface area contributed by atoms with Crippen LogP contribution in [0, 0.1) is 17.2 Å². The van der Waals surface area contributed by atoms with Crippen molar-refractivity contribution in [3.63, 3.8) is 0 Å². The lowest BCUT2D eigenvalue weighted by atomic mass is 9.97. The number of nitrogens with two attached hydrogens (primary N) is 1. The molecule has 134 valence electrons. The zero-order chi connectivity index (χ0) is 18.4. The van der Waals surface area contributed by atoms with Crippen molar-refractivity contribution in [1.29, 1.82) is 5.26 Å². The highest BCUT2D eigenvalue weighted by Crippen LogP contribution is 2.20. The van der Waals surface area contributed by atoms with E-state index in [9.17, 15) is 4.79 Å². The van der Waals surface area contributed by atoms with E-state index in [-0.39, 0.29) is 11.8 Å². The molecule has 0 spiro atoms. The third kappa shape index (κ3) is 4.84. The first-order valence-corrected chi connectivity index (χ1v) is 8.97. The summed E-state index contributed by atoms with van der Waals surface area (Å²) in [6, 6.07) is 18.1. The summed E-state index contributed by atoms with van der Waals surface area (Å²) in [5.41, 5.74) is 9.48. The highest BCUT2D eigenvalue weighted by Gasteiger charge is 2.23. The predicted octanol–water partition coefficient (Wildman–Crippen LogP) is 2.87. The predicted molar refractivity (Wildman–Crippen MR) is 102 cm³/mol. The molecule has 1 atom stereocenters. The molecule has 1 aliphatic heterocycles. The number of nitrogens with one attached hydrogen (secondary N) is 1. The fourth-order valence-corrected chi connectivity index (χ4v) is 3.42. The van der Waals surface area contributed by atoms with Gasteiger partial charge in [-0.2, -0.15) is 5.26 Å². The van der Waals surface area contributed by atoms with Crippen molar-refractivity contribution in [1.82, 2.24) is 4.90 Å². The van der Waals surface area contributed by atoms with Crippen molar-refractivity contribution in [2.45, 2.75) is 25.9 Å². The number of hydrogen-bond acceptors (Lipinski definition) is 4. The van der Waals surface area contributed by atoms with Crippen molar-refractivity contribution >= 4 is 11.6 Å². The van der Waals surface area contributed by atoms with Gasteiger partial charge < -0.3 is 11.1 Å². The number of nitrogens with zero attached hydrogens (tertiary/aromatic N) is 2. The van der Waals surface area contributed by atoms with E-state index in [0.29, 0.717) is 12.1 Å². The fraction of sp³-hybridized carbons (Fsp3) is 0.333. The first-order chi connectivity index (χ1) is 12.6. The summed E-state index contributed by atoms with van der Waals surface area (Å²) in [6.07, 6.45) is 1.91. The molecule has 0 saturated carbocycles. The average molecular weight is 348 g/mol. The number of rotatable bonds is 6. The van der Waals surface area contributed by atoms with E-state index in [2.05, 4.69) is 28.4 Å². The van der Waals surface area contributed by atoms with E-state index in [1.54, 1.807) is 0 Å². The van der Waals surface area contributed by atoms with Crippen LogP contribution in [0.4, 0.5) is 5.69 Å². The molecule has 1 aliphatic rings. The van der Waals surface area contributed by atoms with Crippen molar-refractivity contribution in [2.75, 3.05) is 18.4 Å². The minimum absolute atomic E-state index is 0.0301. The Hall–Kier alpha value is -2.84. The second-order valence-corrected chi connectivity index (χ2v) is 6.84. The monoisotopic (exact) mass is 348 g/mol. The van der Waals surface area contributed by atoms with Gasteiger partial charge in [0.25, 0.3) is 0 Å². The van der Waals surface area contributed by atoms with Gasteiger partial charge in [-0.1, -0.05) is 24.3 Å². The Morgan fingerprint density at radius 3 is 2.85 bits per heavy atom. The number of anilines is 1. The Balaban J connectivity index is 1.59. The van der Waals surface area contributed by atoms with E-state index in [1.165, 1.54) is 5.56 Å². The molecule has 1 heterocycles. The summed E-state index contributed by atoms with van der Waals surface area (Å²) < 4.78 is 0. The lowest BCUT2D eigenvalue weighted by Crippen LogP contribution is -2.40. The topological polar surface area (TPSA) is 82.2 Å². The van der Waals surface area contributed by atoms with Crippen molar-refractivity contribution in [3.8, 4) is 6.07 Å². The molecule has 5 heteroatoms. The SMILES string of the molecule is N#Cc1cccc(CNc2cccc(CN3CCC[C@@H](C(N)=O)C3)c2)c1. The Morgan fingerprint density at radius 2 is 2.04 bits per heavy atom. The summed E-state index contributed by atoms with van der Waals surface area (Å²) in [5.74, 6) is -0.220. The van der Waals surface area contributed by atoms with Gasteiger partial charge in [0.1, 0.15) is 0 Å². The molecule has 3 rings (SSSR count). The third-order valence-electron chi connectivity index (χ3n) is 4.79. The van der Waals surface area contributed by atoms with E-state index in [4.69, 9.17) is 11.0 Å². The third-order valence-corrected chi connectivity index (χ3v) is 4.79. The van der Waals surface area contributed by atoms with Gasteiger partial charge in [0, 0.05) is 25.3 Å². The van der Waals surface area contributed by atoms with Crippen LogP contribution in [0.5, 0.6) is 0 Å². The Labute approximate surface area is 154 Å². The molecule has 5 nitrogen and oxygen atoms in total. The average Bonchev–Trinajstić information content (AvgIpc) is 2.67. The Morgan fingerprint density at radius 1 is 1.23 bits per heavy atom. The molecular formula is C21H24N4O. The minimum Gasteiger partial charge on any atom is -0.381 e. The minimum atomic E-state index is -0.190. The number of carbonyl (C=O) groups is 1. The number of amides is 1. The van der Waals surface area contributed by atoms with Gasteiger partial charge in [-0.25, -0.2) is 0 Å². The van der Waals surface area contributed by atoms with Gasteiger partial charge in [0.05, 0.1) is 17.6 Å². The summed E-state index contributed by atoms with van der Waals surface area (Å²) in [6.45, 7) is 3.24. The molecule has 26 heavy (non-hydrogen) atoms. The molecular weight excluding hydrogens is 324 g/mol. The zero-order valence-electron chi connectivity index (χ0n) is 14.8. The van der Waals surface area contributed by atoms with Gasteiger partial charge in [-0.15, -0.1) is 0 Å². The van der Waals surface area contributed by atoms with Crippen LogP contribution >= 0.6 is 0 Å². The van der Waals surface area contributed by atoms with Crippen LogP contribution in [-0.4, -0.2) is 23.9 Å². The first kappa shape index (κ1) is 18.0. The number of benzene rings is 2. The second kappa shape index (κ2) is 8.50. The van der Waals surface area contributed by atoms with Gasteiger partial charge in [0.15, 0.2) is 0 Å². The smallest absolute Gasteiger partial charge is 0.221 e. The van der Waals surface area contributed by atoms with Crippen molar-refractivity contribution in [2.24, 2.45) is 11.7 Å². The largest absolute Gasteiger partial charge is 0.381 e. The summed E-state index contributed by atoms with van der Waals surface area (Å²) in [7, 11) is 0. The maximum absolute atomic E-state index is 11.4. The Bertz CT molecular complexity index is 812. The maximum Gasteiger partial charge on any atom is 0.221 e. The number of nitriles is 1. The molecule has 1 fully saturated rings. The summed E-state index contributed by atoms with van der Waals surface area (Å²) >= 11 is 0. The van der Waals surface area contributed by atoms with Gasteiger partial charge >= 0.3 is 0 Å². The number of carbonyl (C=O) groups excluding carboxylic acids is 1. The second-order valence-electron chi connectivity index (χ2n) is 6.84. The normalized spacial score (nSPS) is 17.4.